The summed E-state index contributed by atoms with van der Waals surface area (Å²) in [5, 5.41) is 41.3. The number of phenolic OH excluding ortho intramolecular Hbond substituents is 2. The molecule has 4 aromatic carbocycles. The third kappa shape index (κ3) is 16.7. The van der Waals surface area contributed by atoms with E-state index in [0.29, 0.717) is 11.1 Å². The Morgan fingerprint density at radius 2 is 1.38 bits per heavy atom. The summed E-state index contributed by atoms with van der Waals surface area (Å²) in [6.07, 6.45) is 5.54. The van der Waals surface area contributed by atoms with Gasteiger partial charge in [0.2, 0.25) is 23.6 Å². The van der Waals surface area contributed by atoms with Crippen LogP contribution in [0.2, 0.25) is 0 Å². The van der Waals surface area contributed by atoms with Crippen LogP contribution in [-0.2, 0) is 36.8 Å². The van der Waals surface area contributed by atoms with Crippen LogP contribution in [-0.4, -0.2) is 95.0 Å². The summed E-state index contributed by atoms with van der Waals surface area (Å²) in [6, 6.07) is 21.1. The van der Waals surface area contributed by atoms with Crippen molar-refractivity contribution in [3.8, 4) is 33.8 Å². The largest absolute Gasteiger partial charge is 0.507 e. The van der Waals surface area contributed by atoms with Gasteiger partial charge in [0.05, 0.1) is 19.0 Å². The SMILES string of the molecule is CC.CC.CCCCN.CCCCc1ccc(-c2ccc(C(=O)NCC(C)C(=O)NCC(=O)N(C)C3C(=O)NCC(=O)NC(C(=O)O)Cc4ccc(O)c(c4)-c4cc3ccc4O)cc2)cc1. The predicted octanol–water partition coefficient (Wildman–Crippen LogP) is 6.50. The molecule has 0 saturated carbocycles. The number of carbonyl (C=O) groups excluding carboxylic acids is 5. The number of nitrogens with one attached hydrogen (secondary N) is 4. The number of rotatable bonds is 14. The molecule has 5 amide bonds. The zero-order valence-corrected chi connectivity index (χ0v) is 39.7. The number of benzene rings is 4. The molecule has 15 heteroatoms. The number of carboxylic acid groups (broad SMARTS) is 1. The van der Waals surface area contributed by atoms with Gasteiger partial charge < -0.3 is 47.2 Å². The number of hydrogen-bond acceptors (Lipinski definition) is 9. The third-order valence-corrected chi connectivity index (χ3v) is 10.5. The van der Waals surface area contributed by atoms with Crippen molar-refractivity contribution in [2.45, 2.75) is 99.1 Å². The maximum absolute atomic E-state index is 13.6. The maximum Gasteiger partial charge on any atom is 0.326 e. The van der Waals surface area contributed by atoms with Crippen molar-refractivity contribution in [1.82, 2.24) is 26.2 Å². The molecule has 4 aromatic rings. The van der Waals surface area contributed by atoms with Crippen molar-refractivity contribution < 1.29 is 44.1 Å². The third-order valence-electron chi connectivity index (χ3n) is 10.5. The second kappa shape index (κ2) is 28.9. The molecule has 1 aliphatic heterocycles. The number of aryl methyl sites for hydroxylation is 1. The van der Waals surface area contributed by atoms with Crippen molar-refractivity contribution in [3.05, 3.63) is 107 Å². The lowest BCUT2D eigenvalue weighted by molar-refractivity contribution is -0.142. The van der Waals surface area contributed by atoms with Crippen LogP contribution in [0.25, 0.3) is 22.3 Å². The Bertz CT molecular complexity index is 2190. The van der Waals surface area contributed by atoms with Gasteiger partial charge in [0.1, 0.15) is 23.6 Å². The number of nitrogens with zero attached hydrogens (tertiary/aromatic N) is 1. The lowest BCUT2D eigenvalue weighted by Gasteiger charge is -2.29. The van der Waals surface area contributed by atoms with Gasteiger partial charge in [-0.1, -0.05) is 110 Å². The van der Waals surface area contributed by atoms with E-state index in [1.165, 1.54) is 61.9 Å². The van der Waals surface area contributed by atoms with Gasteiger partial charge in [0, 0.05) is 36.7 Å². The molecule has 5 rings (SSSR count). The van der Waals surface area contributed by atoms with Crippen LogP contribution >= 0.6 is 0 Å². The first kappa shape index (κ1) is 55.4. The fraction of sp³-hybridized carbons (Fsp3) is 0.412. The highest BCUT2D eigenvalue weighted by Crippen LogP contribution is 2.38. The first-order valence-corrected chi connectivity index (χ1v) is 22.8. The summed E-state index contributed by atoms with van der Waals surface area (Å²) in [6.45, 7) is 13.6. The number of aromatic hydroxyl groups is 2. The van der Waals surface area contributed by atoms with E-state index in [9.17, 15) is 44.1 Å². The number of aliphatic carboxylic acids is 1. The number of carboxylic acids is 1. The summed E-state index contributed by atoms with van der Waals surface area (Å²) < 4.78 is 0. The molecule has 1 heterocycles. The fourth-order valence-electron chi connectivity index (χ4n) is 6.67. The van der Waals surface area contributed by atoms with Crippen LogP contribution in [0.4, 0.5) is 0 Å². The normalized spacial score (nSPS) is 14.6. The van der Waals surface area contributed by atoms with Crippen LogP contribution in [0.15, 0.2) is 84.9 Å². The summed E-state index contributed by atoms with van der Waals surface area (Å²) in [4.78, 5) is 78.8. The summed E-state index contributed by atoms with van der Waals surface area (Å²) in [7, 11) is 1.32. The summed E-state index contributed by atoms with van der Waals surface area (Å²) >= 11 is 0. The molecule has 3 unspecified atom stereocenters. The molecule has 4 bridgehead atoms. The molecule has 0 spiro atoms. The Morgan fingerprint density at radius 3 is 1.94 bits per heavy atom. The highest BCUT2D eigenvalue weighted by molar-refractivity contribution is 5.96. The standard InChI is InChI=1S/C43H47N5O9.C4H11N.2C2H6/c1-4-5-6-26-7-10-28(11-8-26)29-12-14-30(15-13-29)41(54)44-22-25(2)40(53)46-24-38(52)48(3)39-31-16-18-36(50)33(21-31)32-19-27(9-17-35(32)49)20-34(43(56)57)47-37(51)23-45-42(39)55;1-2-3-4-5;2*1-2/h7-19,21,25,34,39,49-50H,4-6,20,22-24H2,1-3H3,(H,44,54)(H,45,55)(H,46,53)(H,47,51)(H,56,57);2-5H2,1H3;2*1-2H3. The number of likely N-dealkylation sites (N-methyl/N-ethyl adjacent to an activating group) is 1. The molecule has 3 atom stereocenters. The molecule has 9 N–H and O–H groups in total. The second-order valence-electron chi connectivity index (χ2n) is 15.3. The Morgan fingerprint density at radius 1 is 0.803 bits per heavy atom. The van der Waals surface area contributed by atoms with Crippen molar-refractivity contribution in [3.63, 3.8) is 0 Å². The predicted molar refractivity (Wildman–Crippen MR) is 259 cm³/mol. The van der Waals surface area contributed by atoms with E-state index in [-0.39, 0.29) is 47.1 Å². The molecule has 66 heavy (non-hydrogen) atoms. The maximum atomic E-state index is 13.6. The van der Waals surface area contributed by atoms with Crippen LogP contribution in [0.1, 0.15) is 107 Å². The average Bonchev–Trinajstić information content (AvgIpc) is 3.33. The minimum atomic E-state index is -1.39. The molecule has 0 fully saturated rings. The summed E-state index contributed by atoms with van der Waals surface area (Å²) in [5.74, 6) is -5.75. The van der Waals surface area contributed by atoms with E-state index < -0.39 is 60.7 Å². The average molecular weight is 911 g/mol. The zero-order valence-electron chi connectivity index (χ0n) is 39.7. The van der Waals surface area contributed by atoms with Crippen molar-refractivity contribution >= 4 is 35.5 Å². The van der Waals surface area contributed by atoms with E-state index in [2.05, 4.69) is 59.4 Å². The van der Waals surface area contributed by atoms with Crippen LogP contribution in [0.5, 0.6) is 11.5 Å². The molecular weight excluding hydrogens is 841 g/mol. The minimum Gasteiger partial charge on any atom is -0.507 e. The van der Waals surface area contributed by atoms with Gasteiger partial charge in [-0.05, 0) is 90.0 Å². The molecule has 0 aromatic heterocycles. The second-order valence-corrected chi connectivity index (χ2v) is 15.3. The number of hydrogen-bond donors (Lipinski definition) is 8. The number of amides is 5. The first-order valence-electron chi connectivity index (χ1n) is 22.8. The van der Waals surface area contributed by atoms with Crippen molar-refractivity contribution in [1.29, 1.82) is 0 Å². The molecule has 1 aliphatic rings. The van der Waals surface area contributed by atoms with E-state index in [1.54, 1.807) is 19.1 Å². The van der Waals surface area contributed by atoms with E-state index >= 15 is 0 Å². The fourth-order valence-corrected chi connectivity index (χ4v) is 6.67. The van der Waals surface area contributed by atoms with Gasteiger partial charge in [-0.3, -0.25) is 24.0 Å². The molecule has 0 saturated heterocycles. The molecule has 0 aliphatic carbocycles. The van der Waals surface area contributed by atoms with Gasteiger partial charge in [-0.25, -0.2) is 4.79 Å². The summed E-state index contributed by atoms with van der Waals surface area (Å²) in [5.41, 5.74) is 9.71. The number of unbranched alkanes of at least 4 members (excludes halogenated alkanes) is 2. The molecule has 0 radical (unpaired) electrons. The quantitative estimate of drug-likeness (QED) is 0.0684. The van der Waals surface area contributed by atoms with Gasteiger partial charge in [-0.15, -0.1) is 0 Å². The lowest BCUT2D eigenvalue weighted by Crippen LogP contribution is -2.50. The molecule has 358 valence electrons. The van der Waals surface area contributed by atoms with Gasteiger partial charge in [0.25, 0.3) is 5.91 Å². The van der Waals surface area contributed by atoms with Gasteiger partial charge in [-0.2, -0.15) is 0 Å². The Kier molecular flexibility index (Phi) is 24.3. The van der Waals surface area contributed by atoms with Crippen LogP contribution in [0, 0.1) is 5.92 Å². The Hall–Kier alpha value is -6.74. The number of nitrogens with two attached hydrogens (primary N) is 1. The smallest absolute Gasteiger partial charge is 0.326 e. The van der Waals surface area contributed by atoms with E-state index in [4.69, 9.17) is 5.73 Å². The molecular formula is C51H70N6O9. The monoisotopic (exact) mass is 911 g/mol. The lowest BCUT2D eigenvalue weighted by atomic mass is 9.94. The molecule has 15 nitrogen and oxygen atoms in total. The van der Waals surface area contributed by atoms with Crippen LogP contribution < -0.4 is 27.0 Å². The van der Waals surface area contributed by atoms with E-state index in [0.717, 1.165) is 41.8 Å². The zero-order chi connectivity index (χ0) is 49.3. The Labute approximate surface area is 389 Å². The van der Waals surface area contributed by atoms with Crippen molar-refractivity contribution in [2.24, 2.45) is 11.7 Å². The number of carbonyl (C=O) groups is 6. The van der Waals surface area contributed by atoms with Crippen molar-refractivity contribution in [2.75, 3.05) is 33.2 Å². The minimum absolute atomic E-state index is 0.0180. The van der Waals surface area contributed by atoms with Crippen LogP contribution in [0.3, 0.4) is 0 Å². The number of fused-ring (bicyclic) bond motifs is 5. The number of phenols is 2. The first-order chi connectivity index (χ1) is 31.7. The van der Waals surface area contributed by atoms with E-state index in [1.807, 2.05) is 39.8 Å². The highest BCUT2D eigenvalue weighted by atomic mass is 16.4. The van der Waals surface area contributed by atoms with Gasteiger partial charge >= 0.3 is 5.97 Å². The highest BCUT2D eigenvalue weighted by Gasteiger charge is 2.31. The Balaban J connectivity index is 0.00000154. The topological polar surface area (TPSA) is 240 Å². The van der Waals surface area contributed by atoms with Gasteiger partial charge in [0.15, 0.2) is 0 Å².